The highest BCUT2D eigenvalue weighted by atomic mass is 15.2. The summed E-state index contributed by atoms with van der Waals surface area (Å²) in [5.41, 5.74) is 0.534. The van der Waals surface area contributed by atoms with Crippen LogP contribution >= 0.6 is 0 Å². The predicted molar refractivity (Wildman–Crippen MR) is 78.9 cm³/mol. The van der Waals surface area contributed by atoms with E-state index >= 15 is 0 Å². The lowest BCUT2D eigenvalue weighted by Gasteiger charge is -2.39. The highest BCUT2D eigenvalue weighted by Crippen LogP contribution is 2.40. The summed E-state index contributed by atoms with van der Waals surface area (Å²) in [5.74, 6) is 0. The summed E-state index contributed by atoms with van der Waals surface area (Å²) in [6, 6.07) is 1.59. The van der Waals surface area contributed by atoms with Gasteiger partial charge in [-0.3, -0.25) is 4.90 Å². The quantitative estimate of drug-likeness (QED) is 0.779. The summed E-state index contributed by atoms with van der Waals surface area (Å²) in [6.45, 7) is 11.1. The first kappa shape index (κ1) is 14.3. The molecule has 1 aliphatic heterocycles. The van der Waals surface area contributed by atoms with E-state index in [4.69, 9.17) is 0 Å². The number of unbranched alkanes of at least 4 members (excludes halogenated alkanes) is 1. The summed E-state index contributed by atoms with van der Waals surface area (Å²) >= 11 is 0. The van der Waals surface area contributed by atoms with Crippen molar-refractivity contribution in [2.45, 2.75) is 77.8 Å². The topological polar surface area (TPSA) is 15.3 Å². The molecule has 2 heteroatoms. The molecule has 0 aromatic rings. The van der Waals surface area contributed by atoms with Gasteiger partial charge in [0.15, 0.2) is 0 Å². The summed E-state index contributed by atoms with van der Waals surface area (Å²) in [5, 5.41) is 3.67. The van der Waals surface area contributed by atoms with Crippen molar-refractivity contribution in [2.75, 3.05) is 19.6 Å². The number of nitrogens with one attached hydrogen (secondary N) is 1. The number of nitrogens with zero attached hydrogens (tertiary/aromatic N) is 1. The van der Waals surface area contributed by atoms with Gasteiger partial charge in [0.1, 0.15) is 0 Å². The standard InChI is InChI=1S/C16H32N2/c1-4-5-12-18(13-14-8-7-11-17-14)15-9-6-10-16(15,2)3/h14-15,17H,4-13H2,1-3H3. The van der Waals surface area contributed by atoms with E-state index in [9.17, 15) is 0 Å². The fraction of sp³-hybridized carbons (Fsp3) is 1.00. The summed E-state index contributed by atoms with van der Waals surface area (Å²) in [4.78, 5) is 2.82. The minimum absolute atomic E-state index is 0.534. The van der Waals surface area contributed by atoms with Gasteiger partial charge in [0.25, 0.3) is 0 Å². The van der Waals surface area contributed by atoms with Crippen LogP contribution in [-0.2, 0) is 0 Å². The van der Waals surface area contributed by atoms with Crippen molar-refractivity contribution >= 4 is 0 Å². The number of rotatable bonds is 6. The van der Waals surface area contributed by atoms with E-state index in [1.54, 1.807) is 0 Å². The van der Waals surface area contributed by atoms with E-state index in [0.717, 1.165) is 12.1 Å². The van der Waals surface area contributed by atoms with E-state index in [0.29, 0.717) is 5.41 Å². The van der Waals surface area contributed by atoms with Crippen LogP contribution in [0.2, 0.25) is 0 Å². The molecule has 1 heterocycles. The Kier molecular flexibility index (Phi) is 5.08. The first-order valence-electron chi connectivity index (χ1n) is 8.11. The van der Waals surface area contributed by atoms with Crippen LogP contribution in [0.1, 0.15) is 65.7 Å². The van der Waals surface area contributed by atoms with Crippen molar-refractivity contribution in [2.24, 2.45) is 5.41 Å². The fourth-order valence-electron chi connectivity index (χ4n) is 3.92. The molecule has 2 atom stereocenters. The number of hydrogen-bond donors (Lipinski definition) is 1. The van der Waals surface area contributed by atoms with E-state index in [-0.39, 0.29) is 0 Å². The van der Waals surface area contributed by atoms with Gasteiger partial charge in [0, 0.05) is 18.6 Å². The van der Waals surface area contributed by atoms with Crippen LogP contribution in [0.4, 0.5) is 0 Å². The predicted octanol–water partition coefficient (Wildman–Crippen LogP) is 3.42. The van der Waals surface area contributed by atoms with Crippen molar-refractivity contribution in [1.29, 1.82) is 0 Å². The van der Waals surface area contributed by atoms with E-state index in [2.05, 4.69) is 31.0 Å². The third-order valence-electron chi connectivity index (χ3n) is 5.06. The summed E-state index contributed by atoms with van der Waals surface area (Å²) < 4.78 is 0. The Bertz CT molecular complexity index is 243. The van der Waals surface area contributed by atoms with Gasteiger partial charge in [-0.15, -0.1) is 0 Å². The average molecular weight is 252 g/mol. The molecule has 2 fully saturated rings. The largest absolute Gasteiger partial charge is 0.313 e. The third kappa shape index (κ3) is 3.48. The maximum atomic E-state index is 3.67. The van der Waals surface area contributed by atoms with Crippen LogP contribution in [0, 0.1) is 5.41 Å². The maximum Gasteiger partial charge on any atom is 0.0195 e. The molecule has 0 aromatic heterocycles. The van der Waals surface area contributed by atoms with Crippen molar-refractivity contribution in [3.63, 3.8) is 0 Å². The Balaban J connectivity index is 1.94. The van der Waals surface area contributed by atoms with Crippen molar-refractivity contribution < 1.29 is 0 Å². The molecule has 1 aliphatic carbocycles. The minimum Gasteiger partial charge on any atom is -0.313 e. The van der Waals surface area contributed by atoms with Gasteiger partial charge in [-0.25, -0.2) is 0 Å². The van der Waals surface area contributed by atoms with Crippen molar-refractivity contribution in [3.8, 4) is 0 Å². The molecule has 2 unspecified atom stereocenters. The van der Waals surface area contributed by atoms with Crippen LogP contribution in [0.5, 0.6) is 0 Å². The van der Waals surface area contributed by atoms with Gasteiger partial charge in [0.2, 0.25) is 0 Å². The lowest BCUT2D eigenvalue weighted by Crippen LogP contribution is -2.47. The molecule has 1 saturated heterocycles. The molecule has 0 radical (unpaired) electrons. The molecule has 2 aliphatic rings. The molecule has 1 saturated carbocycles. The van der Waals surface area contributed by atoms with Crippen molar-refractivity contribution in [3.05, 3.63) is 0 Å². The van der Waals surface area contributed by atoms with Crippen LogP contribution in [-0.4, -0.2) is 36.6 Å². The van der Waals surface area contributed by atoms with Gasteiger partial charge in [-0.1, -0.05) is 33.6 Å². The molecular formula is C16H32N2. The van der Waals surface area contributed by atoms with Gasteiger partial charge < -0.3 is 5.32 Å². The molecular weight excluding hydrogens is 220 g/mol. The Morgan fingerprint density at radius 2 is 2.06 bits per heavy atom. The second-order valence-electron chi connectivity index (χ2n) is 7.04. The van der Waals surface area contributed by atoms with Crippen LogP contribution in [0.15, 0.2) is 0 Å². The molecule has 0 spiro atoms. The summed E-state index contributed by atoms with van der Waals surface area (Å²) in [7, 11) is 0. The zero-order chi connectivity index (χ0) is 13.0. The Hall–Kier alpha value is -0.0800. The highest BCUT2D eigenvalue weighted by molar-refractivity contribution is 4.93. The lowest BCUT2D eigenvalue weighted by atomic mass is 9.86. The maximum absolute atomic E-state index is 3.67. The van der Waals surface area contributed by atoms with Crippen LogP contribution in [0.3, 0.4) is 0 Å². The smallest absolute Gasteiger partial charge is 0.0195 e. The highest BCUT2D eigenvalue weighted by Gasteiger charge is 2.38. The zero-order valence-corrected chi connectivity index (χ0v) is 12.7. The third-order valence-corrected chi connectivity index (χ3v) is 5.06. The van der Waals surface area contributed by atoms with E-state index < -0.39 is 0 Å². The van der Waals surface area contributed by atoms with Gasteiger partial charge in [0.05, 0.1) is 0 Å². The van der Waals surface area contributed by atoms with Crippen LogP contribution in [0.25, 0.3) is 0 Å². The Morgan fingerprint density at radius 3 is 2.61 bits per heavy atom. The molecule has 106 valence electrons. The molecule has 0 aromatic carbocycles. The minimum atomic E-state index is 0.534. The zero-order valence-electron chi connectivity index (χ0n) is 12.7. The molecule has 18 heavy (non-hydrogen) atoms. The van der Waals surface area contributed by atoms with Crippen LogP contribution < -0.4 is 5.32 Å². The second kappa shape index (κ2) is 6.38. The normalized spacial score (nSPS) is 31.3. The summed E-state index contributed by atoms with van der Waals surface area (Å²) in [6.07, 6.45) is 9.71. The first-order valence-corrected chi connectivity index (χ1v) is 8.11. The Labute approximate surface area is 114 Å². The molecule has 2 nitrogen and oxygen atoms in total. The first-order chi connectivity index (χ1) is 8.63. The number of hydrogen-bond acceptors (Lipinski definition) is 2. The van der Waals surface area contributed by atoms with E-state index in [1.165, 1.54) is 64.6 Å². The van der Waals surface area contributed by atoms with Gasteiger partial charge in [-0.2, -0.15) is 0 Å². The second-order valence-corrected chi connectivity index (χ2v) is 7.04. The van der Waals surface area contributed by atoms with Gasteiger partial charge in [-0.05, 0) is 50.6 Å². The lowest BCUT2D eigenvalue weighted by molar-refractivity contribution is 0.102. The SMILES string of the molecule is CCCCN(CC1CCCN1)C1CCCC1(C)C. The monoisotopic (exact) mass is 252 g/mol. The van der Waals surface area contributed by atoms with Crippen molar-refractivity contribution in [1.82, 2.24) is 10.2 Å². The molecule has 0 amide bonds. The van der Waals surface area contributed by atoms with Gasteiger partial charge >= 0.3 is 0 Å². The molecule has 2 rings (SSSR count). The average Bonchev–Trinajstić information content (AvgIpc) is 2.93. The van der Waals surface area contributed by atoms with E-state index in [1.807, 2.05) is 0 Å². The Morgan fingerprint density at radius 1 is 1.22 bits per heavy atom. The fourth-order valence-corrected chi connectivity index (χ4v) is 3.92. The molecule has 0 bridgehead atoms. The molecule has 1 N–H and O–H groups in total.